The highest BCUT2D eigenvalue weighted by atomic mass is 14.9. The molecule has 0 amide bonds. The molecule has 1 saturated carbocycles. The van der Waals surface area contributed by atoms with Gasteiger partial charge in [0.2, 0.25) is 0 Å². The van der Waals surface area contributed by atoms with Crippen LogP contribution in [0.15, 0.2) is 12.3 Å². The van der Waals surface area contributed by atoms with Crippen LogP contribution in [0.4, 0.5) is 0 Å². The number of rotatable bonds is 2. The van der Waals surface area contributed by atoms with Gasteiger partial charge in [-0.1, -0.05) is 6.58 Å². The third-order valence-electron chi connectivity index (χ3n) is 2.66. The maximum Gasteiger partial charge on any atom is 0.00645 e. The third kappa shape index (κ3) is 2.22. The Balaban J connectivity index is 2.30. The lowest BCUT2D eigenvalue weighted by atomic mass is 9.85. The second kappa shape index (κ2) is 3.77. The van der Waals surface area contributed by atoms with Gasteiger partial charge in [0.05, 0.1) is 0 Å². The monoisotopic (exact) mass is 154 g/mol. The lowest BCUT2D eigenvalue weighted by Crippen LogP contribution is -2.31. The van der Waals surface area contributed by atoms with Crippen LogP contribution in [0.2, 0.25) is 0 Å². The van der Waals surface area contributed by atoms with E-state index in [4.69, 9.17) is 5.73 Å². The first-order valence-corrected chi connectivity index (χ1v) is 4.35. The summed E-state index contributed by atoms with van der Waals surface area (Å²) in [5.74, 6) is 0.583. The fourth-order valence-corrected chi connectivity index (χ4v) is 1.75. The molecule has 1 fully saturated rings. The van der Waals surface area contributed by atoms with Crippen LogP contribution in [-0.4, -0.2) is 13.1 Å². The molecule has 1 rings (SSSR count). The van der Waals surface area contributed by atoms with E-state index in [0.29, 0.717) is 12.0 Å². The van der Waals surface area contributed by atoms with Crippen LogP contribution in [0.1, 0.15) is 25.7 Å². The van der Waals surface area contributed by atoms with Gasteiger partial charge in [-0.3, -0.25) is 0 Å². The molecule has 0 saturated heterocycles. The minimum absolute atomic E-state index is 0.583. The van der Waals surface area contributed by atoms with E-state index in [1.807, 2.05) is 7.05 Å². The Morgan fingerprint density at radius 1 is 1.36 bits per heavy atom. The van der Waals surface area contributed by atoms with Gasteiger partial charge < -0.3 is 11.1 Å². The molecule has 64 valence electrons. The summed E-state index contributed by atoms with van der Waals surface area (Å²) in [5.41, 5.74) is 6.51. The second-order valence-corrected chi connectivity index (χ2v) is 3.41. The number of nitrogens with one attached hydrogen (secondary N) is 1. The predicted molar refractivity (Wildman–Crippen MR) is 48.1 cm³/mol. The van der Waals surface area contributed by atoms with E-state index in [0.717, 1.165) is 5.70 Å². The van der Waals surface area contributed by atoms with Gasteiger partial charge in [-0.25, -0.2) is 0 Å². The second-order valence-electron chi connectivity index (χ2n) is 3.41. The molecule has 0 aliphatic heterocycles. The zero-order valence-corrected chi connectivity index (χ0v) is 7.27. The molecule has 0 aromatic heterocycles. The van der Waals surface area contributed by atoms with Crippen molar-refractivity contribution in [3.05, 3.63) is 12.3 Å². The van der Waals surface area contributed by atoms with Crippen LogP contribution < -0.4 is 11.1 Å². The van der Waals surface area contributed by atoms with Gasteiger partial charge in [0.15, 0.2) is 0 Å². The molecule has 3 N–H and O–H groups in total. The van der Waals surface area contributed by atoms with Gasteiger partial charge in [-0.05, 0) is 38.6 Å². The predicted octanol–water partition coefficient (Wildman–Crippen LogP) is 1.24. The quantitative estimate of drug-likeness (QED) is 0.628. The highest BCUT2D eigenvalue weighted by Crippen LogP contribution is 2.26. The van der Waals surface area contributed by atoms with Crippen molar-refractivity contribution < 1.29 is 0 Å². The smallest absolute Gasteiger partial charge is 0.00645 e. The molecule has 11 heavy (non-hydrogen) atoms. The van der Waals surface area contributed by atoms with Crippen LogP contribution in [0, 0.1) is 5.92 Å². The highest BCUT2D eigenvalue weighted by Gasteiger charge is 2.20. The van der Waals surface area contributed by atoms with E-state index in [1.165, 1.54) is 25.7 Å². The average molecular weight is 154 g/mol. The maximum atomic E-state index is 5.64. The molecule has 0 radical (unpaired) electrons. The van der Waals surface area contributed by atoms with Crippen molar-refractivity contribution >= 4 is 0 Å². The van der Waals surface area contributed by atoms with Crippen molar-refractivity contribution in [1.82, 2.24) is 5.32 Å². The summed E-state index contributed by atoms with van der Waals surface area (Å²) >= 11 is 0. The van der Waals surface area contributed by atoms with Crippen LogP contribution in [-0.2, 0) is 0 Å². The van der Waals surface area contributed by atoms with Crippen molar-refractivity contribution in [2.75, 3.05) is 7.05 Å². The summed E-state index contributed by atoms with van der Waals surface area (Å²) < 4.78 is 0. The summed E-state index contributed by atoms with van der Waals surface area (Å²) in [6.45, 7) is 3.79. The highest BCUT2D eigenvalue weighted by molar-refractivity contribution is 4.97. The van der Waals surface area contributed by atoms with Crippen molar-refractivity contribution in [2.24, 2.45) is 11.7 Å². The lowest BCUT2D eigenvalue weighted by Gasteiger charge is -2.27. The van der Waals surface area contributed by atoms with Gasteiger partial charge in [-0.2, -0.15) is 0 Å². The minimum atomic E-state index is 0.583. The SMILES string of the molecule is C=C(N)C1CCC(NC)CC1. The Hall–Kier alpha value is -0.500. The molecular formula is C9H18N2. The van der Waals surface area contributed by atoms with Gasteiger partial charge in [0.1, 0.15) is 0 Å². The van der Waals surface area contributed by atoms with Gasteiger partial charge in [-0.15, -0.1) is 0 Å². The van der Waals surface area contributed by atoms with Crippen molar-refractivity contribution in [3.63, 3.8) is 0 Å². The first kappa shape index (κ1) is 8.60. The van der Waals surface area contributed by atoms with E-state index in [9.17, 15) is 0 Å². The molecular weight excluding hydrogens is 136 g/mol. The van der Waals surface area contributed by atoms with E-state index in [-0.39, 0.29) is 0 Å². The molecule has 1 aliphatic rings. The molecule has 0 heterocycles. The first-order chi connectivity index (χ1) is 5.24. The van der Waals surface area contributed by atoms with Gasteiger partial charge in [0.25, 0.3) is 0 Å². The van der Waals surface area contributed by atoms with E-state index in [1.54, 1.807) is 0 Å². The van der Waals surface area contributed by atoms with Gasteiger partial charge in [0, 0.05) is 11.7 Å². The zero-order valence-electron chi connectivity index (χ0n) is 7.27. The summed E-state index contributed by atoms with van der Waals surface area (Å²) in [6, 6.07) is 0.714. The topological polar surface area (TPSA) is 38.0 Å². The Morgan fingerprint density at radius 3 is 2.27 bits per heavy atom. The molecule has 1 aliphatic carbocycles. The summed E-state index contributed by atoms with van der Waals surface area (Å²) in [7, 11) is 2.03. The zero-order chi connectivity index (χ0) is 8.27. The first-order valence-electron chi connectivity index (χ1n) is 4.35. The number of allylic oxidation sites excluding steroid dienone is 1. The van der Waals surface area contributed by atoms with Crippen LogP contribution in [0.5, 0.6) is 0 Å². The molecule has 0 unspecified atom stereocenters. The number of hydrogen-bond acceptors (Lipinski definition) is 2. The van der Waals surface area contributed by atoms with Crippen LogP contribution >= 0.6 is 0 Å². The fourth-order valence-electron chi connectivity index (χ4n) is 1.75. The van der Waals surface area contributed by atoms with E-state index >= 15 is 0 Å². The van der Waals surface area contributed by atoms with Gasteiger partial charge >= 0.3 is 0 Å². The minimum Gasteiger partial charge on any atom is -0.402 e. The van der Waals surface area contributed by atoms with Crippen molar-refractivity contribution in [2.45, 2.75) is 31.7 Å². The van der Waals surface area contributed by atoms with Crippen molar-refractivity contribution in [1.29, 1.82) is 0 Å². The molecule has 2 heteroatoms. The molecule has 0 aromatic carbocycles. The Kier molecular flexibility index (Phi) is 2.94. The Labute approximate surface area is 68.9 Å². The van der Waals surface area contributed by atoms with Crippen molar-refractivity contribution in [3.8, 4) is 0 Å². The molecule has 0 aromatic rings. The maximum absolute atomic E-state index is 5.64. The standard InChI is InChI=1S/C9H18N2/c1-7(10)8-3-5-9(11-2)6-4-8/h8-9,11H,1,3-6,10H2,2H3. The van der Waals surface area contributed by atoms with E-state index < -0.39 is 0 Å². The van der Waals surface area contributed by atoms with Crippen LogP contribution in [0.25, 0.3) is 0 Å². The molecule has 0 spiro atoms. The molecule has 2 nitrogen and oxygen atoms in total. The van der Waals surface area contributed by atoms with E-state index in [2.05, 4.69) is 11.9 Å². The summed E-state index contributed by atoms with van der Waals surface area (Å²) in [5, 5.41) is 3.29. The average Bonchev–Trinajstić information content (AvgIpc) is 2.05. The van der Waals surface area contributed by atoms with Crippen LogP contribution in [0.3, 0.4) is 0 Å². The largest absolute Gasteiger partial charge is 0.402 e. The molecule has 0 atom stereocenters. The fraction of sp³-hybridized carbons (Fsp3) is 0.778. The Bertz CT molecular complexity index is 134. The number of nitrogens with two attached hydrogens (primary N) is 1. The Morgan fingerprint density at radius 2 is 1.91 bits per heavy atom. The normalized spacial score (nSPS) is 31.7. The summed E-state index contributed by atoms with van der Waals surface area (Å²) in [4.78, 5) is 0. The lowest BCUT2D eigenvalue weighted by molar-refractivity contribution is 0.331. The summed E-state index contributed by atoms with van der Waals surface area (Å²) in [6.07, 6.45) is 4.91. The number of hydrogen-bond donors (Lipinski definition) is 2. The third-order valence-corrected chi connectivity index (χ3v) is 2.66. The molecule has 0 bridgehead atoms.